The molecule has 176 valence electrons. The zero-order chi connectivity index (χ0) is 23.1. The van der Waals surface area contributed by atoms with Gasteiger partial charge in [0.2, 0.25) is 11.9 Å². The summed E-state index contributed by atoms with van der Waals surface area (Å²) in [4.78, 5) is 13.2. The Labute approximate surface area is 186 Å². The molecule has 0 bridgehead atoms. The number of hydrogen-bond donors (Lipinski definition) is 4. The van der Waals surface area contributed by atoms with Crippen LogP contribution in [0.4, 0.5) is 30.8 Å². The van der Waals surface area contributed by atoms with Gasteiger partial charge in [-0.2, -0.15) is 4.98 Å². The Morgan fingerprint density at radius 2 is 1.73 bits per heavy atom. The fourth-order valence-electron chi connectivity index (χ4n) is 4.36. The van der Waals surface area contributed by atoms with Crippen molar-refractivity contribution in [3.8, 4) is 0 Å². The van der Waals surface area contributed by atoms with Gasteiger partial charge in [-0.3, -0.25) is 4.57 Å². The zero-order valence-corrected chi connectivity index (χ0v) is 17.5. The van der Waals surface area contributed by atoms with Crippen LogP contribution in [-0.4, -0.2) is 54.8 Å². The van der Waals surface area contributed by atoms with Gasteiger partial charge < -0.3 is 25.6 Å². The molecule has 2 fully saturated rings. The van der Waals surface area contributed by atoms with E-state index in [1.54, 1.807) is 0 Å². The molecule has 0 spiro atoms. The molecular formula is C21H23F3N6O3. The van der Waals surface area contributed by atoms with Crippen molar-refractivity contribution < 1.29 is 28.1 Å². The third-order valence-corrected chi connectivity index (χ3v) is 6.07. The second-order valence-electron chi connectivity index (χ2n) is 8.34. The first-order valence-corrected chi connectivity index (χ1v) is 10.8. The van der Waals surface area contributed by atoms with Gasteiger partial charge >= 0.3 is 0 Å². The molecule has 2 aliphatic rings. The maximum Gasteiger partial charge on any atom is 0.224 e. The molecule has 4 N–H and O–H groups in total. The van der Waals surface area contributed by atoms with E-state index >= 15 is 0 Å². The number of anilines is 3. The third-order valence-electron chi connectivity index (χ3n) is 6.07. The first-order valence-electron chi connectivity index (χ1n) is 10.8. The second-order valence-corrected chi connectivity index (χ2v) is 8.34. The minimum absolute atomic E-state index is 0.0104. The van der Waals surface area contributed by atoms with Gasteiger partial charge in [-0.25, -0.2) is 23.1 Å². The van der Waals surface area contributed by atoms with E-state index in [4.69, 9.17) is 4.74 Å². The lowest BCUT2D eigenvalue weighted by Gasteiger charge is -2.26. The molecule has 33 heavy (non-hydrogen) atoms. The lowest BCUT2D eigenvalue weighted by atomic mass is 9.93. The van der Waals surface area contributed by atoms with Gasteiger partial charge in [-0.1, -0.05) is 0 Å². The monoisotopic (exact) mass is 464 g/mol. The number of rotatable bonds is 5. The number of fused-ring (bicyclic) bond motifs is 1. The van der Waals surface area contributed by atoms with Gasteiger partial charge in [0, 0.05) is 18.2 Å². The van der Waals surface area contributed by atoms with Crippen molar-refractivity contribution in [1.29, 1.82) is 0 Å². The van der Waals surface area contributed by atoms with Crippen molar-refractivity contribution in [2.45, 2.75) is 56.6 Å². The number of aliphatic hydroxyl groups excluding tert-OH is 2. The highest BCUT2D eigenvalue weighted by molar-refractivity contribution is 5.76. The highest BCUT2D eigenvalue weighted by Crippen LogP contribution is 2.34. The molecule has 1 aliphatic heterocycles. The molecule has 1 aliphatic carbocycles. The Kier molecular flexibility index (Phi) is 5.81. The van der Waals surface area contributed by atoms with E-state index in [0.29, 0.717) is 48.5 Å². The molecule has 2 unspecified atom stereocenters. The topological polar surface area (TPSA) is 117 Å². The van der Waals surface area contributed by atoms with Gasteiger partial charge in [0.05, 0.1) is 24.9 Å². The fourth-order valence-corrected chi connectivity index (χ4v) is 4.36. The van der Waals surface area contributed by atoms with Crippen LogP contribution in [0.2, 0.25) is 0 Å². The minimum atomic E-state index is -1.17. The molecule has 1 saturated carbocycles. The van der Waals surface area contributed by atoms with Crippen molar-refractivity contribution in [3.63, 3.8) is 0 Å². The second kappa shape index (κ2) is 8.76. The lowest BCUT2D eigenvalue weighted by molar-refractivity contribution is -0.0776. The SMILES string of the molecule is OC1CCC(Nc2ncc3nc(Nc4c(F)cc(F)cc4F)n(C4CCOC4O)c3n2)CC1. The first kappa shape index (κ1) is 21.9. The molecule has 2 atom stereocenters. The predicted molar refractivity (Wildman–Crippen MR) is 112 cm³/mol. The van der Waals surface area contributed by atoms with Gasteiger partial charge in [0.15, 0.2) is 23.6 Å². The zero-order valence-electron chi connectivity index (χ0n) is 17.5. The summed E-state index contributed by atoms with van der Waals surface area (Å²) in [6.45, 7) is 0.283. The number of aliphatic hydroxyl groups is 2. The number of hydrogen-bond acceptors (Lipinski definition) is 8. The van der Waals surface area contributed by atoms with Crippen molar-refractivity contribution in [3.05, 3.63) is 35.8 Å². The van der Waals surface area contributed by atoms with E-state index in [1.807, 2.05) is 0 Å². The normalized spacial score (nSPS) is 25.5. The number of imidazole rings is 1. The van der Waals surface area contributed by atoms with Crippen LogP contribution in [0.25, 0.3) is 11.2 Å². The smallest absolute Gasteiger partial charge is 0.224 e. The summed E-state index contributed by atoms with van der Waals surface area (Å²) in [6, 6.07) is 0.614. The number of halogens is 3. The summed E-state index contributed by atoms with van der Waals surface area (Å²) < 4.78 is 48.7. The predicted octanol–water partition coefficient (Wildman–Crippen LogP) is 2.98. The summed E-state index contributed by atoms with van der Waals surface area (Å²) >= 11 is 0. The number of nitrogens with zero attached hydrogens (tertiary/aromatic N) is 4. The Balaban J connectivity index is 1.53. The third kappa shape index (κ3) is 4.33. The average molecular weight is 464 g/mol. The van der Waals surface area contributed by atoms with Gasteiger partial charge in [-0.15, -0.1) is 0 Å². The molecule has 9 nitrogen and oxygen atoms in total. The number of benzene rings is 1. The maximum atomic E-state index is 14.3. The summed E-state index contributed by atoms with van der Waals surface area (Å²) in [5.41, 5.74) is 0.0981. The van der Waals surface area contributed by atoms with Crippen LogP contribution in [0.3, 0.4) is 0 Å². The van der Waals surface area contributed by atoms with Crippen LogP contribution in [0.5, 0.6) is 0 Å². The summed E-state index contributed by atoms with van der Waals surface area (Å²) in [5.74, 6) is -2.94. The average Bonchev–Trinajstić information content (AvgIpc) is 3.34. The van der Waals surface area contributed by atoms with E-state index in [9.17, 15) is 23.4 Å². The van der Waals surface area contributed by atoms with Crippen LogP contribution in [0.1, 0.15) is 38.1 Å². The summed E-state index contributed by atoms with van der Waals surface area (Å²) in [6.07, 6.45) is 3.35. The Morgan fingerprint density at radius 1 is 1.00 bits per heavy atom. The molecular weight excluding hydrogens is 441 g/mol. The Morgan fingerprint density at radius 3 is 2.39 bits per heavy atom. The molecule has 12 heteroatoms. The van der Waals surface area contributed by atoms with Crippen molar-refractivity contribution in [2.24, 2.45) is 0 Å². The van der Waals surface area contributed by atoms with Crippen LogP contribution in [0.15, 0.2) is 18.3 Å². The van der Waals surface area contributed by atoms with E-state index < -0.39 is 35.5 Å². The van der Waals surface area contributed by atoms with E-state index in [2.05, 4.69) is 25.6 Å². The molecule has 0 radical (unpaired) electrons. The van der Waals surface area contributed by atoms with Crippen LogP contribution >= 0.6 is 0 Å². The molecule has 1 saturated heterocycles. The number of ether oxygens (including phenoxy) is 1. The lowest BCUT2D eigenvalue weighted by Crippen LogP contribution is -2.29. The Bertz CT molecular complexity index is 1140. The molecule has 3 heterocycles. The summed E-state index contributed by atoms with van der Waals surface area (Å²) in [5, 5.41) is 25.9. The van der Waals surface area contributed by atoms with E-state index in [1.165, 1.54) is 10.8 Å². The molecule has 2 aromatic heterocycles. The first-order chi connectivity index (χ1) is 15.9. The molecule has 1 aromatic carbocycles. The van der Waals surface area contributed by atoms with Crippen LogP contribution in [0, 0.1) is 17.5 Å². The van der Waals surface area contributed by atoms with Gasteiger partial charge in [0.1, 0.15) is 17.0 Å². The number of nitrogens with one attached hydrogen (secondary N) is 2. The largest absolute Gasteiger partial charge is 0.393 e. The molecule has 3 aromatic rings. The standard InChI is InChI=1S/C21H23F3N6O3/c22-10-7-13(23)17(14(24)8-10)28-21-27-15-9-25-20(26-11-1-3-12(31)4-2-11)29-18(15)30(21)16-5-6-33-19(16)32/h7-9,11-12,16,19,31-32H,1-6H2,(H,27,28)(H,25,26,29). The van der Waals surface area contributed by atoms with Gasteiger partial charge in [0.25, 0.3) is 0 Å². The minimum Gasteiger partial charge on any atom is -0.393 e. The van der Waals surface area contributed by atoms with E-state index in [0.717, 1.165) is 12.8 Å². The van der Waals surface area contributed by atoms with Crippen molar-refractivity contribution in [1.82, 2.24) is 19.5 Å². The van der Waals surface area contributed by atoms with Gasteiger partial charge in [-0.05, 0) is 32.1 Å². The summed E-state index contributed by atoms with van der Waals surface area (Å²) in [7, 11) is 0. The van der Waals surface area contributed by atoms with Crippen molar-refractivity contribution >= 4 is 28.7 Å². The quantitative estimate of drug-likeness (QED) is 0.455. The highest BCUT2D eigenvalue weighted by Gasteiger charge is 2.33. The number of aromatic nitrogens is 4. The Hall–Kier alpha value is -2.96. The van der Waals surface area contributed by atoms with Crippen molar-refractivity contribution in [2.75, 3.05) is 17.2 Å². The highest BCUT2D eigenvalue weighted by atomic mass is 19.1. The molecule has 0 amide bonds. The fraction of sp³-hybridized carbons (Fsp3) is 0.476. The van der Waals surface area contributed by atoms with E-state index in [-0.39, 0.29) is 24.7 Å². The molecule has 5 rings (SSSR count). The van der Waals surface area contributed by atoms with Crippen LogP contribution < -0.4 is 10.6 Å². The van der Waals surface area contributed by atoms with Crippen LogP contribution in [-0.2, 0) is 4.74 Å². The maximum absolute atomic E-state index is 14.3.